The van der Waals surface area contributed by atoms with Crippen LogP contribution in [0.25, 0.3) is 5.57 Å². The number of carbonyl (C=O) groups is 2. The second kappa shape index (κ2) is 5.15. The van der Waals surface area contributed by atoms with Crippen LogP contribution < -0.4 is 4.90 Å². The van der Waals surface area contributed by atoms with Crippen molar-refractivity contribution in [2.45, 2.75) is 13.8 Å². The second-order valence-corrected chi connectivity index (χ2v) is 5.37. The van der Waals surface area contributed by atoms with Crippen molar-refractivity contribution in [3.8, 4) is 0 Å². The summed E-state index contributed by atoms with van der Waals surface area (Å²) in [5.74, 6) is -1.70. The van der Waals surface area contributed by atoms with Crippen LogP contribution in [0.2, 0.25) is 0 Å². The van der Waals surface area contributed by atoms with E-state index in [1.807, 2.05) is 38.1 Å². The quantitative estimate of drug-likeness (QED) is 0.865. The topological polar surface area (TPSA) is 57.6 Å². The highest BCUT2D eigenvalue weighted by molar-refractivity contribution is 6.44. The number of carbonyl (C=O) groups excluding carboxylic acids is 2. The van der Waals surface area contributed by atoms with Gasteiger partial charge in [0.15, 0.2) is 5.76 Å². The van der Waals surface area contributed by atoms with E-state index in [1.165, 1.54) is 0 Å². The summed E-state index contributed by atoms with van der Waals surface area (Å²) >= 11 is 0. The van der Waals surface area contributed by atoms with E-state index in [4.69, 9.17) is 0 Å². The number of anilines is 1. The third-order valence-corrected chi connectivity index (χ3v) is 3.69. The standard InChI is InChI=1S/C18H15NO3/c1-11-3-7-13(8-4-11)15-16(20)18(22)19(17(15)21)14-9-5-12(2)6-10-14/h3-10,20H,1-2H3. The SMILES string of the molecule is Cc1ccc(C2=C(O)C(=O)N(c3ccc(C)cc3)C2=O)cc1. The molecule has 4 heteroatoms. The van der Waals surface area contributed by atoms with E-state index in [2.05, 4.69) is 0 Å². The number of hydrogen-bond acceptors (Lipinski definition) is 3. The first-order valence-corrected chi connectivity index (χ1v) is 6.95. The number of aliphatic hydroxyl groups is 1. The van der Waals surface area contributed by atoms with Gasteiger partial charge in [0.25, 0.3) is 5.91 Å². The number of aryl methyl sites for hydroxylation is 2. The molecule has 0 aromatic heterocycles. The monoisotopic (exact) mass is 293 g/mol. The highest BCUT2D eigenvalue weighted by Gasteiger charge is 2.40. The molecule has 2 amide bonds. The number of nitrogens with zero attached hydrogens (tertiary/aromatic N) is 1. The Morgan fingerprint density at radius 1 is 0.773 bits per heavy atom. The Morgan fingerprint density at radius 3 is 1.82 bits per heavy atom. The van der Waals surface area contributed by atoms with Crippen molar-refractivity contribution in [1.82, 2.24) is 0 Å². The van der Waals surface area contributed by atoms with Gasteiger partial charge in [-0.25, -0.2) is 4.90 Å². The largest absolute Gasteiger partial charge is 0.502 e. The molecule has 1 aliphatic rings. The first kappa shape index (κ1) is 14.1. The van der Waals surface area contributed by atoms with Gasteiger partial charge in [-0.05, 0) is 31.5 Å². The molecule has 1 heterocycles. The zero-order chi connectivity index (χ0) is 15.9. The number of benzene rings is 2. The summed E-state index contributed by atoms with van der Waals surface area (Å²) in [6.45, 7) is 3.85. The average Bonchev–Trinajstić information content (AvgIpc) is 2.72. The zero-order valence-corrected chi connectivity index (χ0v) is 12.3. The summed E-state index contributed by atoms with van der Waals surface area (Å²) in [5.41, 5.74) is 3.10. The molecule has 1 N–H and O–H groups in total. The molecule has 22 heavy (non-hydrogen) atoms. The third-order valence-electron chi connectivity index (χ3n) is 3.69. The van der Waals surface area contributed by atoms with E-state index in [0.29, 0.717) is 11.3 Å². The minimum Gasteiger partial charge on any atom is -0.502 e. The molecular formula is C18H15NO3. The Morgan fingerprint density at radius 2 is 1.27 bits per heavy atom. The molecule has 0 bridgehead atoms. The molecule has 0 radical (unpaired) electrons. The van der Waals surface area contributed by atoms with E-state index < -0.39 is 17.6 Å². The predicted molar refractivity (Wildman–Crippen MR) is 84.4 cm³/mol. The van der Waals surface area contributed by atoms with Crippen molar-refractivity contribution >= 4 is 23.1 Å². The van der Waals surface area contributed by atoms with E-state index in [0.717, 1.165) is 16.0 Å². The van der Waals surface area contributed by atoms with Crippen LogP contribution in [0.3, 0.4) is 0 Å². The van der Waals surface area contributed by atoms with Gasteiger partial charge in [-0.15, -0.1) is 0 Å². The molecule has 2 aromatic carbocycles. The lowest BCUT2D eigenvalue weighted by Gasteiger charge is -2.14. The number of aliphatic hydroxyl groups excluding tert-OH is 1. The fourth-order valence-corrected chi connectivity index (χ4v) is 2.43. The van der Waals surface area contributed by atoms with E-state index >= 15 is 0 Å². The lowest BCUT2D eigenvalue weighted by Crippen LogP contribution is -2.31. The molecule has 1 aliphatic heterocycles. The van der Waals surface area contributed by atoms with Crippen LogP contribution >= 0.6 is 0 Å². The summed E-state index contributed by atoms with van der Waals surface area (Å²) < 4.78 is 0. The zero-order valence-electron chi connectivity index (χ0n) is 12.3. The van der Waals surface area contributed by atoms with Gasteiger partial charge in [0.1, 0.15) is 0 Å². The normalized spacial score (nSPS) is 14.9. The van der Waals surface area contributed by atoms with Crippen LogP contribution in [0.1, 0.15) is 16.7 Å². The molecule has 0 unspecified atom stereocenters. The van der Waals surface area contributed by atoms with Gasteiger partial charge in [-0.1, -0.05) is 47.5 Å². The highest BCUT2D eigenvalue weighted by atomic mass is 16.3. The molecule has 4 nitrogen and oxygen atoms in total. The summed E-state index contributed by atoms with van der Waals surface area (Å²) in [5, 5.41) is 10.1. The molecule has 0 saturated carbocycles. The van der Waals surface area contributed by atoms with Crippen LogP contribution in [0.5, 0.6) is 0 Å². The smallest absolute Gasteiger partial charge is 0.301 e. The van der Waals surface area contributed by atoms with Gasteiger partial charge in [0.2, 0.25) is 0 Å². The molecule has 110 valence electrons. The summed E-state index contributed by atoms with van der Waals surface area (Å²) in [7, 11) is 0. The molecule has 2 aromatic rings. The number of rotatable bonds is 2. The van der Waals surface area contributed by atoms with Crippen molar-refractivity contribution in [2.24, 2.45) is 0 Å². The van der Waals surface area contributed by atoms with Crippen LogP contribution in [0.15, 0.2) is 54.3 Å². The Kier molecular flexibility index (Phi) is 3.29. The third kappa shape index (κ3) is 2.19. The maximum absolute atomic E-state index is 12.6. The van der Waals surface area contributed by atoms with Gasteiger partial charge in [-0.2, -0.15) is 0 Å². The van der Waals surface area contributed by atoms with Gasteiger partial charge < -0.3 is 5.11 Å². The minimum atomic E-state index is -0.690. The Labute approximate surface area is 128 Å². The molecule has 0 fully saturated rings. The van der Waals surface area contributed by atoms with Crippen molar-refractivity contribution in [3.05, 3.63) is 71.0 Å². The van der Waals surface area contributed by atoms with Crippen molar-refractivity contribution in [3.63, 3.8) is 0 Å². The first-order chi connectivity index (χ1) is 10.5. The number of amides is 2. The first-order valence-electron chi connectivity index (χ1n) is 6.95. The molecule has 3 rings (SSSR count). The molecule has 0 spiro atoms. The Balaban J connectivity index is 2.03. The number of hydrogen-bond donors (Lipinski definition) is 1. The molecular weight excluding hydrogens is 278 g/mol. The van der Waals surface area contributed by atoms with Gasteiger partial charge >= 0.3 is 5.91 Å². The number of imide groups is 1. The molecule has 0 aliphatic carbocycles. The van der Waals surface area contributed by atoms with E-state index in [9.17, 15) is 14.7 Å². The predicted octanol–water partition coefficient (Wildman–Crippen LogP) is 3.15. The van der Waals surface area contributed by atoms with Gasteiger partial charge in [0, 0.05) is 0 Å². The fraction of sp³-hybridized carbons (Fsp3) is 0.111. The maximum Gasteiger partial charge on any atom is 0.301 e. The van der Waals surface area contributed by atoms with Crippen molar-refractivity contribution in [1.29, 1.82) is 0 Å². The van der Waals surface area contributed by atoms with E-state index in [-0.39, 0.29) is 5.57 Å². The Bertz CT molecular complexity index is 786. The van der Waals surface area contributed by atoms with E-state index in [1.54, 1.807) is 24.3 Å². The maximum atomic E-state index is 12.6. The van der Waals surface area contributed by atoms with Gasteiger partial charge in [-0.3, -0.25) is 9.59 Å². The van der Waals surface area contributed by atoms with Crippen molar-refractivity contribution < 1.29 is 14.7 Å². The molecule has 0 saturated heterocycles. The average molecular weight is 293 g/mol. The molecule has 0 atom stereocenters. The minimum absolute atomic E-state index is 0.0468. The summed E-state index contributed by atoms with van der Waals surface area (Å²) in [6.07, 6.45) is 0. The lowest BCUT2D eigenvalue weighted by molar-refractivity contribution is -0.121. The van der Waals surface area contributed by atoms with Gasteiger partial charge in [0.05, 0.1) is 11.3 Å². The fourth-order valence-electron chi connectivity index (χ4n) is 2.43. The second-order valence-electron chi connectivity index (χ2n) is 5.37. The highest BCUT2D eigenvalue weighted by Crippen LogP contribution is 2.31. The summed E-state index contributed by atoms with van der Waals surface area (Å²) in [4.78, 5) is 25.8. The van der Waals surface area contributed by atoms with Crippen LogP contribution in [-0.2, 0) is 9.59 Å². The Hall–Kier alpha value is -2.88. The van der Waals surface area contributed by atoms with Crippen LogP contribution in [-0.4, -0.2) is 16.9 Å². The van der Waals surface area contributed by atoms with Crippen LogP contribution in [0, 0.1) is 13.8 Å². The lowest BCUT2D eigenvalue weighted by atomic mass is 10.0. The summed E-state index contributed by atoms with van der Waals surface area (Å²) in [6, 6.07) is 14.1. The van der Waals surface area contributed by atoms with Crippen molar-refractivity contribution in [2.75, 3.05) is 4.90 Å². The van der Waals surface area contributed by atoms with Crippen LogP contribution in [0.4, 0.5) is 5.69 Å².